The predicted molar refractivity (Wildman–Crippen MR) is 112 cm³/mol. The van der Waals surface area contributed by atoms with E-state index < -0.39 is 0 Å². The van der Waals surface area contributed by atoms with E-state index in [-0.39, 0.29) is 36.1 Å². The van der Waals surface area contributed by atoms with Crippen molar-refractivity contribution in [1.29, 1.82) is 0 Å². The van der Waals surface area contributed by atoms with E-state index in [0.29, 0.717) is 23.5 Å². The average Bonchev–Trinajstić information content (AvgIpc) is 3.18. The molecule has 3 rings (SSSR count). The van der Waals surface area contributed by atoms with Crippen LogP contribution < -0.4 is 15.0 Å². The average molecular weight is 419 g/mol. The molecule has 1 aliphatic rings. The minimum absolute atomic E-state index is 0.0852. The van der Waals surface area contributed by atoms with Gasteiger partial charge in [-0.15, -0.1) is 11.8 Å². The van der Waals surface area contributed by atoms with Gasteiger partial charge in [0.2, 0.25) is 0 Å². The Morgan fingerprint density at radius 3 is 2.62 bits per heavy atom. The van der Waals surface area contributed by atoms with Gasteiger partial charge in [0.15, 0.2) is 13.1 Å². The summed E-state index contributed by atoms with van der Waals surface area (Å²) in [7, 11) is 3.38. The van der Waals surface area contributed by atoms with Gasteiger partial charge in [0.05, 0.1) is 14.2 Å². The number of nitrogens with zero attached hydrogens (tertiary/aromatic N) is 1. The van der Waals surface area contributed by atoms with Crippen LogP contribution >= 0.6 is 11.8 Å². The van der Waals surface area contributed by atoms with Crippen LogP contribution in [-0.2, 0) is 9.59 Å². The molecule has 1 unspecified atom stereocenters. The Balaban J connectivity index is 1.54. The summed E-state index contributed by atoms with van der Waals surface area (Å²) in [5, 5.41) is 2.50. The minimum Gasteiger partial charge on any atom is -0.497 e. The van der Waals surface area contributed by atoms with Crippen molar-refractivity contribution in [3.8, 4) is 5.75 Å². The Kier molecular flexibility index (Phi) is 7.11. The highest BCUT2D eigenvalue weighted by atomic mass is 32.2. The molecule has 0 saturated carbocycles. The molecule has 1 saturated heterocycles. The quantitative estimate of drug-likeness (QED) is 0.717. The highest BCUT2D eigenvalue weighted by Gasteiger charge is 2.33. The van der Waals surface area contributed by atoms with Crippen molar-refractivity contribution in [2.24, 2.45) is 0 Å². The van der Waals surface area contributed by atoms with Crippen LogP contribution in [0.1, 0.15) is 10.9 Å². The fourth-order valence-electron chi connectivity index (χ4n) is 3.23. The third kappa shape index (κ3) is 5.48. The molecular weight excluding hydrogens is 393 g/mol. The number of amides is 2. The maximum absolute atomic E-state index is 14.2. The van der Waals surface area contributed by atoms with Crippen molar-refractivity contribution in [2.75, 3.05) is 44.9 Å². The number of thioether (sulfide) groups is 1. The van der Waals surface area contributed by atoms with Gasteiger partial charge in [0, 0.05) is 23.5 Å². The van der Waals surface area contributed by atoms with E-state index in [2.05, 4.69) is 5.32 Å². The molecule has 1 heterocycles. The number of hydrogen-bond donors (Lipinski definition) is 2. The number of methoxy groups -OCH3 is 1. The van der Waals surface area contributed by atoms with E-state index in [1.54, 1.807) is 73.3 Å². The first-order valence-electron chi connectivity index (χ1n) is 9.38. The van der Waals surface area contributed by atoms with Crippen molar-refractivity contribution < 1.29 is 23.6 Å². The number of nitrogens with one attached hydrogen (secondary N) is 2. The number of quaternary nitrogens is 1. The zero-order valence-corrected chi connectivity index (χ0v) is 17.3. The number of carbonyl (C=O) groups is 2. The largest absolute Gasteiger partial charge is 0.497 e. The lowest BCUT2D eigenvalue weighted by Crippen LogP contribution is -3.11. The number of anilines is 1. The van der Waals surface area contributed by atoms with Gasteiger partial charge in [0.25, 0.3) is 11.8 Å². The standard InChI is InChI=1S/C21H24FN3O3S/c1-24(13-19(26)23-15-7-9-16(28-2)10-8-15)14-20(27)25-11-12-29-21(25)17-5-3-4-6-18(17)22/h3-10,21H,11-14H2,1-2H3,(H,23,26)/p+1/t21-/m0/s1. The van der Waals surface area contributed by atoms with E-state index >= 15 is 0 Å². The predicted octanol–water partition coefficient (Wildman–Crippen LogP) is 1.56. The molecule has 2 amide bonds. The van der Waals surface area contributed by atoms with Crippen molar-refractivity contribution in [3.05, 3.63) is 59.9 Å². The molecule has 6 nitrogen and oxygen atoms in total. The van der Waals surface area contributed by atoms with E-state index in [4.69, 9.17) is 4.74 Å². The van der Waals surface area contributed by atoms with Crippen LogP contribution in [0.25, 0.3) is 0 Å². The summed E-state index contributed by atoms with van der Waals surface area (Å²) >= 11 is 1.56. The van der Waals surface area contributed by atoms with E-state index in [0.717, 1.165) is 10.7 Å². The SMILES string of the molecule is COc1ccc(NC(=O)C[NH+](C)CC(=O)N2CCS[C@H]2c2ccccc2F)cc1. The first-order chi connectivity index (χ1) is 14.0. The second-order valence-electron chi connectivity index (χ2n) is 6.92. The van der Waals surface area contributed by atoms with E-state index in [1.807, 2.05) is 0 Å². The number of rotatable bonds is 7. The van der Waals surface area contributed by atoms with Gasteiger partial charge in [-0.3, -0.25) is 9.59 Å². The Bertz CT molecular complexity index is 863. The summed E-state index contributed by atoms with van der Waals surface area (Å²) in [6.07, 6.45) is 0. The molecule has 154 valence electrons. The molecule has 0 aliphatic carbocycles. The molecule has 1 aliphatic heterocycles. The lowest BCUT2D eigenvalue weighted by Gasteiger charge is -2.25. The molecule has 0 spiro atoms. The van der Waals surface area contributed by atoms with Crippen LogP contribution in [0.15, 0.2) is 48.5 Å². The van der Waals surface area contributed by atoms with Crippen LogP contribution in [0, 0.1) is 5.82 Å². The fraction of sp³-hybridized carbons (Fsp3) is 0.333. The molecular formula is C21H25FN3O3S+. The van der Waals surface area contributed by atoms with Gasteiger partial charge in [-0.25, -0.2) is 4.39 Å². The van der Waals surface area contributed by atoms with Crippen molar-refractivity contribution in [1.82, 2.24) is 4.90 Å². The lowest BCUT2D eigenvalue weighted by molar-refractivity contribution is -0.862. The molecule has 2 atom stereocenters. The van der Waals surface area contributed by atoms with Crippen LogP contribution in [-0.4, -0.2) is 56.3 Å². The first-order valence-corrected chi connectivity index (χ1v) is 10.4. The zero-order chi connectivity index (χ0) is 20.8. The van der Waals surface area contributed by atoms with Crippen molar-refractivity contribution in [2.45, 2.75) is 5.37 Å². The van der Waals surface area contributed by atoms with E-state index in [1.165, 1.54) is 6.07 Å². The van der Waals surface area contributed by atoms with Crippen LogP contribution in [0.5, 0.6) is 5.75 Å². The van der Waals surface area contributed by atoms with Gasteiger partial charge in [-0.1, -0.05) is 18.2 Å². The van der Waals surface area contributed by atoms with Gasteiger partial charge in [0.1, 0.15) is 16.9 Å². The van der Waals surface area contributed by atoms with E-state index in [9.17, 15) is 14.0 Å². The fourth-order valence-corrected chi connectivity index (χ4v) is 4.53. The second-order valence-corrected chi connectivity index (χ2v) is 8.11. The number of benzene rings is 2. The zero-order valence-electron chi connectivity index (χ0n) is 16.5. The molecule has 2 aromatic rings. The number of carbonyl (C=O) groups excluding carboxylic acids is 2. The lowest BCUT2D eigenvalue weighted by atomic mass is 10.2. The summed E-state index contributed by atoms with van der Waals surface area (Å²) in [6.45, 7) is 0.901. The molecule has 2 N–H and O–H groups in total. The summed E-state index contributed by atoms with van der Waals surface area (Å²) in [4.78, 5) is 27.5. The highest BCUT2D eigenvalue weighted by molar-refractivity contribution is 7.99. The maximum Gasteiger partial charge on any atom is 0.279 e. The first kappa shape index (κ1) is 21.1. The third-order valence-corrected chi connectivity index (χ3v) is 5.91. The Labute approximate surface area is 174 Å². The number of hydrogen-bond acceptors (Lipinski definition) is 4. The normalized spacial score (nSPS) is 17.1. The molecule has 0 aromatic heterocycles. The smallest absolute Gasteiger partial charge is 0.279 e. The Hall–Kier alpha value is -2.58. The summed E-state index contributed by atoms with van der Waals surface area (Å²) < 4.78 is 19.2. The number of halogens is 1. The van der Waals surface area contributed by atoms with Crippen molar-refractivity contribution in [3.63, 3.8) is 0 Å². The summed E-state index contributed by atoms with van der Waals surface area (Å²) in [6, 6.07) is 13.6. The highest BCUT2D eigenvalue weighted by Crippen LogP contribution is 2.38. The molecule has 0 radical (unpaired) electrons. The van der Waals surface area contributed by atoms with Crippen LogP contribution in [0.3, 0.4) is 0 Å². The summed E-state index contributed by atoms with van der Waals surface area (Å²) in [5.41, 5.74) is 1.20. The molecule has 1 fully saturated rings. The topological polar surface area (TPSA) is 63.1 Å². The molecule has 2 aromatic carbocycles. The molecule has 29 heavy (non-hydrogen) atoms. The Morgan fingerprint density at radius 1 is 1.21 bits per heavy atom. The summed E-state index contributed by atoms with van der Waals surface area (Å²) in [5.74, 6) is 0.912. The monoisotopic (exact) mass is 418 g/mol. The number of ether oxygens (including phenoxy) is 1. The minimum atomic E-state index is -0.315. The maximum atomic E-state index is 14.2. The van der Waals surface area contributed by atoms with Crippen LogP contribution in [0.2, 0.25) is 0 Å². The van der Waals surface area contributed by atoms with Gasteiger partial charge < -0.3 is 19.9 Å². The van der Waals surface area contributed by atoms with Gasteiger partial charge in [-0.2, -0.15) is 0 Å². The van der Waals surface area contributed by atoms with Crippen molar-refractivity contribution >= 4 is 29.3 Å². The Morgan fingerprint density at radius 2 is 1.93 bits per heavy atom. The molecule has 8 heteroatoms. The van der Waals surface area contributed by atoms with Gasteiger partial charge in [-0.05, 0) is 30.3 Å². The number of likely N-dealkylation sites (N-methyl/N-ethyl adjacent to an activating group) is 1. The van der Waals surface area contributed by atoms with Crippen LogP contribution in [0.4, 0.5) is 10.1 Å². The third-order valence-electron chi connectivity index (χ3n) is 4.67. The van der Waals surface area contributed by atoms with Gasteiger partial charge >= 0.3 is 0 Å². The second kappa shape index (κ2) is 9.76. The molecule has 0 bridgehead atoms.